The van der Waals surface area contributed by atoms with Crippen LogP contribution in [0.2, 0.25) is 0 Å². The van der Waals surface area contributed by atoms with E-state index in [4.69, 9.17) is 0 Å². The van der Waals surface area contributed by atoms with E-state index >= 15 is 0 Å². The third kappa shape index (κ3) is 13.3. The Morgan fingerprint density at radius 2 is 1.04 bits per heavy atom. The molecular weight excluding hydrogens is 306 g/mol. The van der Waals surface area contributed by atoms with Gasteiger partial charge in [-0.1, -0.05) is 53.4 Å². The number of carbonyl (C=O) groups is 2. The van der Waals surface area contributed by atoms with Crippen molar-refractivity contribution in [2.75, 3.05) is 33.3 Å². The molecule has 0 aliphatic rings. The lowest BCUT2D eigenvalue weighted by atomic mass is 10.1. The van der Waals surface area contributed by atoms with Gasteiger partial charge in [-0.25, -0.2) is 4.79 Å². The minimum absolute atomic E-state index is 0.970. The number of nitrogens with zero attached hydrogens (tertiary/aromatic N) is 1. The van der Waals surface area contributed by atoms with Gasteiger partial charge in [0.25, 0.3) is 0 Å². The summed E-state index contributed by atoms with van der Waals surface area (Å²) in [6.07, 6.45) is 11.1. The largest absolute Gasteiger partial charge is 0.539 e. The monoisotopic (exact) mass is 345 g/mol. The van der Waals surface area contributed by atoms with Gasteiger partial charge in [0.05, 0.1) is 33.3 Å². The van der Waals surface area contributed by atoms with Crippen molar-refractivity contribution in [3.05, 3.63) is 0 Å². The normalized spacial score (nSPS) is 10.7. The molecule has 0 N–H and O–H groups in total. The van der Waals surface area contributed by atoms with Crippen molar-refractivity contribution in [2.24, 2.45) is 0 Å². The van der Waals surface area contributed by atoms with Crippen molar-refractivity contribution < 1.29 is 23.9 Å². The summed E-state index contributed by atoms with van der Waals surface area (Å²) in [5, 5.41) is 9.34. The number of quaternary nitrogens is 1. The maximum Gasteiger partial charge on any atom is 0.353 e. The van der Waals surface area contributed by atoms with Crippen molar-refractivity contribution in [2.45, 2.75) is 79.1 Å². The Morgan fingerprint density at radius 3 is 1.17 bits per heavy atom. The lowest BCUT2D eigenvalue weighted by Crippen LogP contribution is -2.50. The molecule has 144 valence electrons. The van der Waals surface area contributed by atoms with Crippen LogP contribution in [-0.4, -0.2) is 49.7 Å². The Balaban J connectivity index is 0. The zero-order valence-corrected chi connectivity index (χ0v) is 16.6. The Morgan fingerprint density at radius 1 is 0.750 bits per heavy atom. The summed E-state index contributed by atoms with van der Waals surface area (Å²) in [6.45, 7) is 15.0. The Kier molecular flexibility index (Phi) is 17.5. The van der Waals surface area contributed by atoms with E-state index < -0.39 is 11.9 Å². The molecule has 0 aliphatic heterocycles. The maximum absolute atomic E-state index is 9.63. The van der Waals surface area contributed by atoms with Gasteiger partial charge in [-0.3, -0.25) is 0 Å². The standard InChI is InChI=1S/C16H36N.C3H4O4/c1-5-9-13-17(14-10-6-2,15-11-7-3)16-12-8-4;1-7-3(6)2(4)5/h5-16H2,1-4H3;1H3,(H,4,5)/q+1;/p-1. The highest BCUT2D eigenvalue weighted by molar-refractivity contribution is 6.27. The van der Waals surface area contributed by atoms with E-state index in [9.17, 15) is 14.7 Å². The maximum atomic E-state index is 9.63. The number of esters is 1. The van der Waals surface area contributed by atoms with Crippen LogP contribution < -0.4 is 5.11 Å². The van der Waals surface area contributed by atoms with Gasteiger partial charge in [0, 0.05) is 0 Å². The number of hydrogen-bond acceptors (Lipinski definition) is 4. The van der Waals surface area contributed by atoms with Gasteiger partial charge in [-0.05, 0) is 25.7 Å². The number of unbranched alkanes of at least 4 members (excludes halogenated alkanes) is 4. The predicted octanol–water partition coefficient (Wildman–Crippen LogP) is 2.91. The number of hydrogen-bond donors (Lipinski definition) is 0. The second-order valence-corrected chi connectivity index (χ2v) is 6.43. The zero-order valence-electron chi connectivity index (χ0n) is 16.6. The highest BCUT2D eigenvalue weighted by atomic mass is 16.5. The fraction of sp³-hybridized carbons (Fsp3) is 0.895. The van der Waals surface area contributed by atoms with Crippen LogP contribution in [0.5, 0.6) is 0 Å². The molecule has 0 aromatic rings. The van der Waals surface area contributed by atoms with Crippen LogP contribution in [0.1, 0.15) is 79.1 Å². The first-order valence-corrected chi connectivity index (χ1v) is 9.57. The molecule has 0 unspecified atom stereocenters. The zero-order chi connectivity index (χ0) is 18.8. The SMILES string of the molecule is CCCC[N+](CCCC)(CCCC)CCCC.COC(=O)C(=O)[O-]. The van der Waals surface area contributed by atoms with Crippen LogP contribution >= 0.6 is 0 Å². The number of carbonyl (C=O) groups excluding carboxylic acids is 2. The lowest BCUT2D eigenvalue weighted by molar-refractivity contribution is -0.929. The average Bonchev–Trinajstić information content (AvgIpc) is 2.60. The molecule has 0 saturated heterocycles. The van der Waals surface area contributed by atoms with E-state index in [0.29, 0.717) is 0 Å². The van der Waals surface area contributed by atoms with Gasteiger partial charge in [0.2, 0.25) is 0 Å². The quantitative estimate of drug-likeness (QED) is 0.310. The van der Waals surface area contributed by atoms with Gasteiger partial charge in [-0.15, -0.1) is 0 Å². The Hall–Kier alpha value is -1.10. The van der Waals surface area contributed by atoms with Crippen LogP contribution in [0.4, 0.5) is 0 Å². The summed E-state index contributed by atoms with van der Waals surface area (Å²) in [7, 11) is 0.970. The molecule has 0 spiro atoms. The van der Waals surface area contributed by atoms with E-state index in [-0.39, 0.29) is 0 Å². The third-order valence-electron chi connectivity index (χ3n) is 4.30. The summed E-state index contributed by atoms with van der Waals surface area (Å²) < 4.78 is 5.13. The molecule has 0 atom stereocenters. The van der Waals surface area contributed by atoms with Crippen molar-refractivity contribution in [3.8, 4) is 0 Å². The first-order valence-electron chi connectivity index (χ1n) is 9.57. The number of rotatable bonds is 12. The van der Waals surface area contributed by atoms with Crippen molar-refractivity contribution in [3.63, 3.8) is 0 Å². The first kappa shape index (κ1) is 25.1. The average molecular weight is 346 g/mol. The molecule has 0 radical (unpaired) electrons. The lowest BCUT2D eigenvalue weighted by Gasteiger charge is -2.39. The topological polar surface area (TPSA) is 66.4 Å². The molecule has 0 saturated carbocycles. The summed E-state index contributed by atoms with van der Waals surface area (Å²) in [4.78, 5) is 19.0. The number of methoxy groups -OCH3 is 1. The minimum atomic E-state index is -1.82. The van der Waals surface area contributed by atoms with Crippen LogP contribution in [0.3, 0.4) is 0 Å². The summed E-state index contributed by atoms with van der Waals surface area (Å²) in [5.74, 6) is -3.16. The van der Waals surface area contributed by atoms with Gasteiger partial charge in [0.1, 0.15) is 0 Å². The van der Waals surface area contributed by atoms with Crippen LogP contribution in [0, 0.1) is 0 Å². The molecule has 0 aromatic carbocycles. The van der Waals surface area contributed by atoms with Crippen LogP contribution in [0.25, 0.3) is 0 Å². The highest BCUT2D eigenvalue weighted by Gasteiger charge is 2.24. The summed E-state index contributed by atoms with van der Waals surface area (Å²) in [6, 6.07) is 0. The second kappa shape index (κ2) is 16.7. The first-order chi connectivity index (χ1) is 11.4. The summed E-state index contributed by atoms with van der Waals surface area (Å²) >= 11 is 0. The molecule has 0 amide bonds. The summed E-state index contributed by atoms with van der Waals surface area (Å²) in [5.41, 5.74) is 0. The molecule has 0 fully saturated rings. The van der Waals surface area contributed by atoms with Gasteiger partial charge in [-0.2, -0.15) is 0 Å². The molecular formula is C19H39NO4. The van der Waals surface area contributed by atoms with Gasteiger partial charge in [0.15, 0.2) is 5.97 Å². The van der Waals surface area contributed by atoms with Crippen molar-refractivity contribution in [1.29, 1.82) is 0 Å². The molecule has 5 heteroatoms. The third-order valence-corrected chi connectivity index (χ3v) is 4.30. The molecule has 24 heavy (non-hydrogen) atoms. The van der Waals surface area contributed by atoms with E-state index in [0.717, 1.165) is 7.11 Å². The van der Waals surface area contributed by atoms with E-state index in [1.165, 1.54) is 82.0 Å². The Bertz CT molecular complexity index is 281. The van der Waals surface area contributed by atoms with Crippen molar-refractivity contribution >= 4 is 11.9 Å². The molecule has 5 nitrogen and oxygen atoms in total. The number of ether oxygens (including phenoxy) is 1. The fourth-order valence-corrected chi connectivity index (χ4v) is 2.73. The molecule has 0 heterocycles. The van der Waals surface area contributed by atoms with Gasteiger partial charge >= 0.3 is 5.97 Å². The number of carboxylic acids is 1. The van der Waals surface area contributed by atoms with Gasteiger partial charge < -0.3 is 19.1 Å². The van der Waals surface area contributed by atoms with E-state index in [1.807, 2.05) is 0 Å². The van der Waals surface area contributed by atoms with Crippen LogP contribution in [-0.2, 0) is 14.3 Å². The predicted molar refractivity (Wildman–Crippen MR) is 96.4 cm³/mol. The molecule has 0 rings (SSSR count). The van der Waals surface area contributed by atoms with E-state index in [2.05, 4.69) is 32.4 Å². The van der Waals surface area contributed by atoms with E-state index in [1.54, 1.807) is 0 Å². The van der Waals surface area contributed by atoms with Crippen molar-refractivity contribution in [1.82, 2.24) is 0 Å². The molecule has 0 aliphatic carbocycles. The van der Waals surface area contributed by atoms with Crippen LogP contribution in [0.15, 0.2) is 0 Å². The number of carboxylic acid groups (broad SMARTS) is 1. The fourth-order valence-electron chi connectivity index (χ4n) is 2.73. The highest BCUT2D eigenvalue weighted by Crippen LogP contribution is 2.16. The molecule has 0 bridgehead atoms. The second-order valence-electron chi connectivity index (χ2n) is 6.43. The molecule has 0 aromatic heterocycles. The smallest absolute Gasteiger partial charge is 0.353 e. The Labute approximate surface area is 149 Å². The minimum Gasteiger partial charge on any atom is -0.539 e. The number of aliphatic carboxylic acids is 1.